The van der Waals surface area contributed by atoms with Crippen LogP contribution in [0.15, 0.2) is 18.5 Å². The normalized spacial score (nSPS) is 17.6. The largest absolute Gasteiger partial charge is 0.334 e. The standard InChI is InChI=1S/C21H23N3O4S/c25-19-9-3-6-15-11-24(12-18(15)19)29(27,28)23-21(26)22-20-16-7-1-4-13(16)10-14-5-2-8-17(14)20/h10-12H,1-9H2,(H2,22,23,26). The molecule has 152 valence electrons. The van der Waals surface area contributed by atoms with E-state index in [2.05, 4.69) is 16.1 Å². The van der Waals surface area contributed by atoms with Crippen molar-refractivity contribution in [1.82, 2.24) is 8.69 Å². The maximum Gasteiger partial charge on any atom is 0.334 e. The number of hydrogen-bond donors (Lipinski definition) is 2. The van der Waals surface area contributed by atoms with E-state index in [9.17, 15) is 18.0 Å². The van der Waals surface area contributed by atoms with Crippen LogP contribution < -0.4 is 10.0 Å². The van der Waals surface area contributed by atoms with Crippen molar-refractivity contribution >= 4 is 27.7 Å². The zero-order valence-electron chi connectivity index (χ0n) is 16.1. The second kappa shape index (κ2) is 6.73. The molecule has 0 saturated carbocycles. The Morgan fingerprint density at radius 2 is 1.48 bits per heavy atom. The molecule has 8 heteroatoms. The molecule has 3 aliphatic carbocycles. The molecule has 7 nitrogen and oxygen atoms in total. The number of benzene rings is 1. The Morgan fingerprint density at radius 3 is 2.14 bits per heavy atom. The minimum atomic E-state index is -4.12. The summed E-state index contributed by atoms with van der Waals surface area (Å²) in [5.41, 5.74) is 6.75. The third-order valence-corrected chi connectivity index (χ3v) is 7.46. The monoisotopic (exact) mass is 413 g/mol. The summed E-state index contributed by atoms with van der Waals surface area (Å²) in [5.74, 6) is -0.0555. The predicted octanol–water partition coefficient (Wildman–Crippen LogP) is 2.90. The highest BCUT2D eigenvalue weighted by atomic mass is 32.2. The van der Waals surface area contributed by atoms with Crippen molar-refractivity contribution in [2.45, 2.75) is 57.8 Å². The van der Waals surface area contributed by atoms with Crippen LogP contribution in [0.25, 0.3) is 0 Å². The van der Waals surface area contributed by atoms with Crippen LogP contribution in [0.2, 0.25) is 0 Å². The zero-order chi connectivity index (χ0) is 20.2. The molecular weight excluding hydrogens is 390 g/mol. The molecule has 0 aliphatic heterocycles. The molecule has 0 fully saturated rings. The number of Topliss-reactive ketones (excluding diaryl/α,β-unsaturated/α-hetero) is 1. The summed E-state index contributed by atoms with van der Waals surface area (Å²) in [6.45, 7) is 0. The van der Waals surface area contributed by atoms with Crippen molar-refractivity contribution in [2.75, 3.05) is 5.32 Å². The van der Waals surface area contributed by atoms with Crippen LogP contribution in [-0.2, 0) is 42.3 Å². The van der Waals surface area contributed by atoms with E-state index in [1.807, 2.05) is 0 Å². The fourth-order valence-electron chi connectivity index (χ4n) is 4.91. The number of hydrogen-bond acceptors (Lipinski definition) is 4. The van der Waals surface area contributed by atoms with Crippen molar-refractivity contribution in [3.63, 3.8) is 0 Å². The quantitative estimate of drug-likeness (QED) is 0.808. The van der Waals surface area contributed by atoms with Crippen molar-refractivity contribution in [2.24, 2.45) is 0 Å². The predicted molar refractivity (Wildman–Crippen MR) is 109 cm³/mol. The molecule has 2 aromatic rings. The highest BCUT2D eigenvalue weighted by Gasteiger charge is 2.27. The lowest BCUT2D eigenvalue weighted by Gasteiger charge is -2.16. The van der Waals surface area contributed by atoms with Gasteiger partial charge in [0.25, 0.3) is 0 Å². The third kappa shape index (κ3) is 3.15. The first-order valence-electron chi connectivity index (χ1n) is 10.2. The van der Waals surface area contributed by atoms with E-state index in [4.69, 9.17) is 0 Å². The van der Waals surface area contributed by atoms with Gasteiger partial charge < -0.3 is 5.32 Å². The van der Waals surface area contributed by atoms with Gasteiger partial charge in [0, 0.05) is 30.1 Å². The number of carbonyl (C=O) groups excluding carboxylic acids is 2. The number of nitrogens with one attached hydrogen (secondary N) is 2. The van der Waals surface area contributed by atoms with Gasteiger partial charge in [-0.1, -0.05) is 6.07 Å². The molecule has 0 spiro atoms. The number of amides is 2. The van der Waals surface area contributed by atoms with E-state index in [0.717, 1.165) is 59.3 Å². The van der Waals surface area contributed by atoms with Gasteiger partial charge in [0.05, 0.1) is 0 Å². The lowest BCUT2D eigenvalue weighted by Crippen LogP contribution is -2.38. The Morgan fingerprint density at radius 1 is 0.862 bits per heavy atom. The number of ketones is 1. The van der Waals surface area contributed by atoms with Crippen molar-refractivity contribution in [3.05, 3.63) is 51.8 Å². The fraction of sp³-hybridized carbons (Fsp3) is 0.429. The smallest absolute Gasteiger partial charge is 0.307 e. The van der Waals surface area contributed by atoms with Gasteiger partial charge in [-0.25, -0.2) is 13.5 Å². The van der Waals surface area contributed by atoms with Gasteiger partial charge in [0.15, 0.2) is 5.78 Å². The highest BCUT2D eigenvalue weighted by molar-refractivity contribution is 7.88. The van der Waals surface area contributed by atoms with Crippen LogP contribution in [0, 0.1) is 0 Å². The van der Waals surface area contributed by atoms with E-state index in [-0.39, 0.29) is 5.78 Å². The summed E-state index contributed by atoms with van der Waals surface area (Å²) in [6.07, 6.45) is 10.5. The fourth-order valence-corrected chi connectivity index (χ4v) is 5.81. The molecule has 2 N–H and O–H groups in total. The summed E-state index contributed by atoms with van der Waals surface area (Å²) in [4.78, 5) is 24.6. The molecule has 1 heterocycles. The van der Waals surface area contributed by atoms with Gasteiger partial charge in [-0.15, -0.1) is 0 Å². The van der Waals surface area contributed by atoms with E-state index < -0.39 is 16.2 Å². The molecular formula is C21H23N3O4S. The molecule has 2 amide bonds. The topological polar surface area (TPSA) is 97.3 Å². The number of fused-ring (bicyclic) bond motifs is 3. The van der Waals surface area contributed by atoms with Crippen molar-refractivity contribution in [3.8, 4) is 0 Å². The van der Waals surface area contributed by atoms with E-state index in [0.29, 0.717) is 30.4 Å². The van der Waals surface area contributed by atoms with Gasteiger partial charge in [-0.2, -0.15) is 8.42 Å². The first-order valence-corrected chi connectivity index (χ1v) is 11.6. The second-order valence-electron chi connectivity index (χ2n) is 8.10. The molecule has 1 aromatic carbocycles. The lowest BCUT2D eigenvalue weighted by atomic mass is 9.95. The summed E-state index contributed by atoms with van der Waals surface area (Å²) in [5, 5.41) is 2.83. The zero-order valence-corrected chi connectivity index (χ0v) is 16.9. The van der Waals surface area contributed by atoms with Gasteiger partial charge in [0.1, 0.15) is 0 Å². The average Bonchev–Trinajstić information content (AvgIpc) is 3.40. The minimum absolute atomic E-state index is 0.0555. The number of nitrogens with zero attached hydrogens (tertiary/aromatic N) is 1. The lowest BCUT2D eigenvalue weighted by molar-refractivity contribution is 0.0973. The molecule has 0 atom stereocenters. The molecule has 0 radical (unpaired) electrons. The molecule has 1 aromatic heterocycles. The first-order chi connectivity index (χ1) is 13.9. The van der Waals surface area contributed by atoms with Crippen molar-refractivity contribution in [1.29, 1.82) is 0 Å². The number of anilines is 1. The number of urea groups is 1. The Kier molecular flexibility index (Phi) is 4.27. The SMILES string of the molecule is O=C(Nc1c2c(cc3c1CCC3)CCC2)NS(=O)(=O)n1cc2c(c1)C(=O)CCC2. The molecule has 3 aliphatic rings. The van der Waals surface area contributed by atoms with Crippen LogP contribution in [-0.4, -0.2) is 24.2 Å². The number of aryl methyl sites for hydroxylation is 3. The van der Waals surface area contributed by atoms with E-state index in [1.54, 1.807) is 0 Å². The Hall–Kier alpha value is -2.61. The van der Waals surface area contributed by atoms with Crippen LogP contribution in [0.4, 0.5) is 10.5 Å². The Bertz CT molecular complexity index is 1110. The first kappa shape index (κ1) is 18.4. The Labute approximate surface area is 169 Å². The average molecular weight is 413 g/mol. The molecule has 0 saturated heterocycles. The number of rotatable bonds is 3. The van der Waals surface area contributed by atoms with Crippen LogP contribution in [0.1, 0.15) is 63.9 Å². The summed E-state index contributed by atoms with van der Waals surface area (Å²) in [6, 6.07) is 1.49. The molecule has 0 unspecified atom stereocenters. The van der Waals surface area contributed by atoms with E-state index in [1.165, 1.54) is 23.5 Å². The second-order valence-corrected chi connectivity index (χ2v) is 9.67. The number of aromatic nitrogens is 1. The van der Waals surface area contributed by atoms with Crippen molar-refractivity contribution < 1.29 is 18.0 Å². The summed E-state index contributed by atoms with van der Waals surface area (Å²) < 4.78 is 28.5. The van der Waals surface area contributed by atoms with Gasteiger partial charge in [-0.3, -0.25) is 4.79 Å². The maximum atomic E-state index is 12.7. The van der Waals surface area contributed by atoms with Gasteiger partial charge in [-0.05, 0) is 79.2 Å². The summed E-state index contributed by atoms with van der Waals surface area (Å²) >= 11 is 0. The van der Waals surface area contributed by atoms with Gasteiger partial charge in [0.2, 0.25) is 0 Å². The van der Waals surface area contributed by atoms with Gasteiger partial charge >= 0.3 is 16.2 Å². The molecule has 29 heavy (non-hydrogen) atoms. The van der Waals surface area contributed by atoms with Crippen LogP contribution in [0.3, 0.4) is 0 Å². The van der Waals surface area contributed by atoms with E-state index >= 15 is 0 Å². The number of carbonyl (C=O) groups is 2. The van der Waals surface area contributed by atoms with Crippen LogP contribution in [0.5, 0.6) is 0 Å². The van der Waals surface area contributed by atoms with Crippen LogP contribution >= 0.6 is 0 Å². The maximum absolute atomic E-state index is 12.7. The third-order valence-electron chi connectivity index (χ3n) is 6.25. The Balaban J connectivity index is 1.40. The molecule has 5 rings (SSSR count). The highest BCUT2D eigenvalue weighted by Crippen LogP contribution is 2.38. The summed E-state index contributed by atoms with van der Waals surface area (Å²) in [7, 11) is -4.12. The molecule has 0 bridgehead atoms. The minimum Gasteiger partial charge on any atom is -0.307 e.